The smallest absolute Gasteiger partial charge is 0.408 e. The van der Waals surface area contributed by atoms with Gasteiger partial charge in [-0.25, -0.2) is 4.79 Å². The van der Waals surface area contributed by atoms with Crippen LogP contribution in [0, 0.1) is 5.92 Å². The first kappa shape index (κ1) is 31.0. The maximum absolute atomic E-state index is 13.6. The zero-order valence-electron chi connectivity index (χ0n) is 23.0. The van der Waals surface area contributed by atoms with Crippen LogP contribution in [0.3, 0.4) is 0 Å². The lowest BCUT2D eigenvalue weighted by Gasteiger charge is -2.39. The number of aliphatic hydroxyl groups excluding tert-OH is 1. The number of rotatable bonds is 13. The zero-order valence-corrected chi connectivity index (χ0v) is 23.0. The summed E-state index contributed by atoms with van der Waals surface area (Å²) in [5, 5.41) is 19.3. The molecule has 4 N–H and O–H groups in total. The van der Waals surface area contributed by atoms with Crippen molar-refractivity contribution in [3.63, 3.8) is 0 Å². The van der Waals surface area contributed by atoms with Crippen LogP contribution in [0.1, 0.15) is 98.3 Å². The van der Waals surface area contributed by atoms with Crippen molar-refractivity contribution in [2.24, 2.45) is 5.92 Å². The minimum absolute atomic E-state index is 0.171. The topological polar surface area (TPSA) is 143 Å². The molecule has 1 saturated heterocycles. The number of nitrogens with one attached hydrogen (secondary N) is 3. The van der Waals surface area contributed by atoms with Crippen LogP contribution in [0.4, 0.5) is 4.79 Å². The highest BCUT2D eigenvalue weighted by molar-refractivity contribution is 5.92. The summed E-state index contributed by atoms with van der Waals surface area (Å²) in [5.74, 6) is -1.58. The van der Waals surface area contributed by atoms with Crippen molar-refractivity contribution < 1.29 is 33.8 Å². The number of amides is 3. The van der Waals surface area contributed by atoms with Gasteiger partial charge in [-0.3, -0.25) is 14.4 Å². The van der Waals surface area contributed by atoms with Gasteiger partial charge in [-0.2, -0.15) is 0 Å². The Hall–Kier alpha value is -2.20. The van der Waals surface area contributed by atoms with Crippen molar-refractivity contribution in [2.75, 3.05) is 13.2 Å². The monoisotopic (exact) mass is 525 g/mol. The number of aliphatic hydroxyl groups is 1. The van der Waals surface area contributed by atoms with Crippen molar-refractivity contribution in [1.82, 2.24) is 16.0 Å². The number of ether oxygens (including phenoxy) is 2. The molecule has 1 saturated carbocycles. The third-order valence-electron chi connectivity index (χ3n) is 7.45. The molecule has 0 aromatic carbocycles. The van der Waals surface area contributed by atoms with Crippen LogP contribution in [0.2, 0.25) is 0 Å². The van der Waals surface area contributed by atoms with Gasteiger partial charge in [0.1, 0.15) is 11.6 Å². The first-order chi connectivity index (χ1) is 17.6. The van der Waals surface area contributed by atoms with Crippen LogP contribution >= 0.6 is 0 Å². The van der Waals surface area contributed by atoms with Crippen molar-refractivity contribution in [3.8, 4) is 0 Å². The summed E-state index contributed by atoms with van der Waals surface area (Å²) in [6.45, 7) is 8.13. The lowest BCUT2D eigenvalue weighted by atomic mass is 9.80. The molecule has 0 aromatic rings. The Bertz CT molecular complexity index is 761. The highest BCUT2D eigenvalue weighted by Gasteiger charge is 2.44. The summed E-state index contributed by atoms with van der Waals surface area (Å²) in [6.07, 6.45) is 5.38. The summed E-state index contributed by atoms with van der Waals surface area (Å²) in [4.78, 5) is 51.3. The van der Waals surface area contributed by atoms with Crippen molar-refractivity contribution in [2.45, 2.75) is 128 Å². The molecule has 1 aliphatic carbocycles. The summed E-state index contributed by atoms with van der Waals surface area (Å²) in [5.41, 5.74) is -1.17. The summed E-state index contributed by atoms with van der Waals surface area (Å²) in [6, 6.07) is -1.58. The minimum atomic E-state index is -1.55. The maximum Gasteiger partial charge on any atom is 0.408 e. The minimum Gasteiger partial charge on any atom is -0.446 e. The van der Waals surface area contributed by atoms with Crippen molar-refractivity contribution in [3.05, 3.63) is 0 Å². The highest BCUT2D eigenvalue weighted by Crippen LogP contribution is 2.29. The van der Waals surface area contributed by atoms with Crippen LogP contribution < -0.4 is 16.0 Å². The quantitative estimate of drug-likeness (QED) is 0.271. The Kier molecular flexibility index (Phi) is 12.8. The van der Waals surface area contributed by atoms with E-state index < -0.39 is 41.6 Å². The Balaban J connectivity index is 2.08. The fraction of sp³-hybridized carbons (Fsp3) is 0.852. The van der Waals surface area contributed by atoms with Crippen molar-refractivity contribution in [1.29, 1.82) is 0 Å². The van der Waals surface area contributed by atoms with Gasteiger partial charge in [-0.05, 0) is 32.1 Å². The van der Waals surface area contributed by atoms with E-state index in [-0.39, 0.29) is 17.8 Å². The highest BCUT2D eigenvalue weighted by atomic mass is 16.6. The van der Waals surface area contributed by atoms with E-state index >= 15 is 0 Å². The van der Waals surface area contributed by atoms with E-state index in [0.717, 1.165) is 38.5 Å². The van der Waals surface area contributed by atoms with E-state index in [1.807, 2.05) is 0 Å². The number of carbonyl (C=O) groups is 4. The van der Waals surface area contributed by atoms with Gasteiger partial charge in [0, 0.05) is 12.8 Å². The van der Waals surface area contributed by atoms with Gasteiger partial charge in [0.05, 0.1) is 25.3 Å². The lowest BCUT2D eigenvalue weighted by Crippen LogP contribution is -2.64. The largest absolute Gasteiger partial charge is 0.446 e. The number of unbranched alkanes of at least 4 members (excludes halogenated alkanes) is 2. The molecule has 3 atom stereocenters. The summed E-state index contributed by atoms with van der Waals surface area (Å²) in [7, 11) is 0. The Morgan fingerprint density at radius 2 is 1.68 bits per heavy atom. The molecule has 2 aliphatic rings. The molecule has 2 rings (SSSR count). The molecule has 0 radical (unpaired) electrons. The first-order valence-corrected chi connectivity index (χ1v) is 14.0. The molecule has 10 heteroatoms. The predicted octanol–water partition coefficient (Wildman–Crippen LogP) is 2.75. The van der Waals surface area contributed by atoms with E-state index in [0.29, 0.717) is 45.3 Å². The number of alkyl carbamates (subject to hydrolysis) is 1. The Morgan fingerprint density at radius 3 is 2.24 bits per heavy atom. The number of carbonyl (C=O) groups excluding carboxylic acids is 4. The van der Waals surface area contributed by atoms with Gasteiger partial charge < -0.3 is 30.5 Å². The van der Waals surface area contributed by atoms with Crippen LogP contribution in [0.5, 0.6) is 0 Å². The van der Waals surface area contributed by atoms with Crippen LogP contribution in [0.15, 0.2) is 0 Å². The Labute approximate surface area is 221 Å². The third kappa shape index (κ3) is 9.56. The normalized spacial score (nSPS) is 20.4. The van der Waals surface area contributed by atoms with E-state index in [9.17, 15) is 24.3 Å². The molecule has 0 bridgehead atoms. The van der Waals surface area contributed by atoms with Gasteiger partial charge in [0.15, 0.2) is 11.9 Å². The van der Waals surface area contributed by atoms with Crippen LogP contribution in [-0.2, 0) is 23.9 Å². The average Bonchev–Trinajstić information content (AvgIpc) is 2.86. The maximum atomic E-state index is 13.6. The number of Topliss-reactive ketones (excluding diaryl/α,β-unsaturated/α-hetero) is 1. The first-order valence-electron chi connectivity index (χ1n) is 14.0. The molecule has 10 nitrogen and oxygen atoms in total. The lowest BCUT2D eigenvalue weighted by molar-refractivity contribution is -0.137. The van der Waals surface area contributed by atoms with Gasteiger partial charge in [-0.1, -0.05) is 59.3 Å². The molecule has 3 amide bonds. The second-order valence-electron chi connectivity index (χ2n) is 10.8. The molecule has 1 heterocycles. The number of hydrogen-bond acceptors (Lipinski definition) is 7. The fourth-order valence-electron chi connectivity index (χ4n) is 5.03. The summed E-state index contributed by atoms with van der Waals surface area (Å²) >= 11 is 0. The molecular formula is C27H47N3O7. The second-order valence-corrected chi connectivity index (χ2v) is 10.8. The summed E-state index contributed by atoms with van der Waals surface area (Å²) < 4.78 is 10.9. The average molecular weight is 526 g/mol. The molecule has 0 aromatic heterocycles. The van der Waals surface area contributed by atoms with E-state index in [1.54, 1.807) is 13.8 Å². The van der Waals surface area contributed by atoms with Gasteiger partial charge >= 0.3 is 6.09 Å². The zero-order chi connectivity index (χ0) is 27.4. The van der Waals surface area contributed by atoms with Gasteiger partial charge in [0.25, 0.3) is 5.91 Å². The molecule has 1 aliphatic heterocycles. The number of ketones is 1. The predicted molar refractivity (Wildman–Crippen MR) is 139 cm³/mol. The van der Waals surface area contributed by atoms with Crippen molar-refractivity contribution >= 4 is 23.7 Å². The Morgan fingerprint density at radius 1 is 1.03 bits per heavy atom. The molecule has 37 heavy (non-hydrogen) atoms. The fourth-order valence-corrected chi connectivity index (χ4v) is 5.03. The van der Waals surface area contributed by atoms with E-state index in [4.69, 9.17) is 9.47 Å². The molecule has 0 spiro atoms. The standard InChI is InChI=1S/C27H47N3O7/c1-5-6-8-11-21(19(4)31)28-24(33)23(32)22(18(2)3)29-25(34)27(14-9-7-10-15-27)30-26(35)37-20-12-16-36-17-13-20/h18,20-23,32H,5-17H2,1-4H3,(H,28,33)(H,29,34)(H,30,35)/t21-,22-,23-/m0/s1. The molecule has 212 valence electrons. The van der Waals surface area contributed by atoms with Crippen LogP contribution in [0.25, 0.3) is 0 Å². The van der Waals surface area contributed by atoms with Gasteiger partial charge in [0.2, 0.25) is 5.91 Å². The molecule has 2 fully saturated rings. The number of hydrogen-bond donors (Lipinski definition) is 4. The SMILES string of the molecule is CCCCC[C@H](NC(=O)[C@@H](O)[C@@H](NC(=O)C1(NC(=O)OC2CCOCC2)CCCCC1)C(C)C)C(C)=O. The molecular weight excluding hydrogens is 478 g/mol. The van der Waals surface area contributed by atoms with Crippen LogP contribution in [-0.4, -0.2) is 71.8 Å². The van der Waals surface area contributed by atoms with E-state index in [2.05, 4.69) is 22.9 Å². The van der Waals surface area contributed by atoms with Gasteiger partial charge in [-0.15, -0.1) is 0 Å². The molecule has 0 unspecified atom stereocenters. The van der Waals surface area contributed by atoms with E-state index in [1.165, 1.54) is 6.92 Å². The second kappa shape index (κ2) is 15.3. The third-order valence-corrected chi connectivity index (χ3v) is 7.45.